The van der Waals surface area contributed by atoms with Crippen molar-refractivity contribution < 1.29 is 23.9 Å². The van der Waals surface area contributed by atoms with E-state index in [9.17, 15) is 14.4 Å². The molecule has 1 heterocycles. The Bertz CT molecular complexity index is 1050. The summed E-state index contributed by atoms with van der Waals surface area (Å²) in [6.07, 6.45) is 0. The first-order chi connectivity index (χ1) is 13.6. The summed E-state index contributed by atoms with van der Waals surface area (Å²) in [4.78, 5) is 38.2. The summed E-state index contributed by atoms with van der Waals surface area (Å²) in [5, 5.41) is 0. The number of rotatable bonds is 4. The van der Waals surface area contributed by atoms with Gasteiger partial charge in [-0.1, -0.05) is 24.3 Å². The van der Waals surface area contributed by atoms with Gasteiger partial charge in [-0.2, -0.15) is 0 Å². The van der Waals surface area contributed by atoms with Crippen molar-refractivity contribution in [1.82, 2.24) is 0 Å². The summed E-state index contributed by atoms with van der Waals surface area (Å²) in [7, 11) is 1.31. The van der Waals surface area contributed by atoms with E-state index < -0.39 is 17.8 Å². The fourth-order valence-corrected chi connectivity index (χ4v) is 3.04. The lowest BCUT2D eigenvalue weighted by Gasteiger charge is -2.18. The fraction of sp³-hybridized carbons (Fsp3) is 0.0455. The predicted molar refractivity (Wildman–Crippen MR) is 102 cm³/mol. The Kier molecular flexibility index (Phi) is 4.37. The highest BCUT2D eigenvalue weighted by atomic mass is 16.5. The van der Waals surface area contributed by atoms with E-state index in [1.807, 2.05) is 0 Å². The molecule has 3 aromatic rings. The Morgan fingerprint density at radius 2 is 1.36 bits per heavy atom. The Hall–Kier alpha value is -3.93. The van der Waals surface area contributed by atoms with Crippen LogP contribution in [0.15, 0.2) is 72.8 Å². The second-order valence-corrected chi connectivity index (χ2v) is 6.08. The summed E-state index contributed by atoms with van der Waals surface area (Å²) in [6.45, 7) is 0. The van der Waals surface area contributed by atoms with Crippen LogP contribution >= 0.6 is 0 Å². The number of hydrogen-bond donors (Lipinski definition) is 0. The van der Waals surface area contributed by atoms with Crippen LogP contribution in [-0.2, 0) is 4.74 Å². The smallest absolute Gasteiger partial charge is 0.337 e. The minimum atomic E-state index is -0.446. The van der Waals surface area contributed by atoms with Crippen molar-refractivity contribution in [1.29, 1.82) is 0 Å². The van der Waals surface area contributed by atoms with Crippen LogP contribution in [0.1, 0.15) is 31.1 Å². The summed E-state index contributed by atoms with van der Waals surface area (Å²) in [5.74, 6) is -0.423. The van der Waals surface area contributed by atoms with Crippen LogP contribution in [0.3, 0.4) is 0 Å². The topological polar surface area (TPSA) is 72.9 Å². The third kappa shape index (κ3) is 2.91. The molecule has 0 saturated heterocycles. The molecule has 0 N–H and O–H groups in total. The molecule has 0 aliphatic carbocycles. The molecule has 0 aromatic heterocycles. The zero-order valence-corrected chi connectivity index (χ0v) is 14.9. The summed E-state index contributed by atoms with van der Waals surface area (Å²) in [5.41, 5.74) is 1.48. The van der Waals surface area contributed by atoms with Crippen molar-refractivity contribution in [3.05, 3.63) is 89.5 Å². The third-order valence-corrected chi connectivity index (χ3v) is 4.40. The van der Waals surface area contributed by atoms with Crippen molar-refractivity contribution in [2.24, 2.45) is 0 Å². The minimum absolute atomic E-state index is 0.350. The van der Waals surface area contributed by atoms with Gasteiger partial charge in [-0.3, -0.25) is 9.59 Å². The van der Waals surface area contributed by atoms with Crippen LogP contribution in [0.2, 0.25) is 0 Å². The van der Waals surface area contributed by atoms with Gasteiger partial charge in [-0.05, 0) is 48.5 Å². The molecular weight excluding hydrogens is 358 g/mol. The number of esters is 1. The number of fused-ring (bicyclic) bond motifs is 1. The lowest BCUT2D eigenvalue weighted by molar-refractivity contribution is 0.0600. The van der Waals surface area contributed by atoms with E-state index in [1.165, 1.54) is 7.11 Å². The first-order valence-electron chi connectivity index (χ1n) is 8.53. The van der Waals surface area contributed by atoms with Crippen LogP contribution in [0.5, 0.6) is 11.5 Å². The molecule has 1 aliphatic rings. The van der Waals surface area contributed by atoms with Crippen LogP contribution in [0, 0.1) is 0 Å². The first kappa shape index (κ1) is 17.5. The molecule has 0 spiro atoms. The van der Waals surface area contributed by atoms with Crippen molar-refractivity contribution in [2.45, 2.75) is 0 Å². The maximum absolute atomic E-state index is 12.8. The number of benzene rings is 3. The molecule has 6 nitrogen and oxygen atoms in total. The predicted octanol–water partition coefficient (Wildman–Crippen LogP) is 4.07. The molecule has 28 heavy (non-hydrogen) atoms. The van der Waals surface area contributed by atoms with Gasteiger partial charge in [0, 0.05) is 0 Å². The molecule has 0 saturated carbocycles. The molecular formula is C22H15NO5. The number of hydrogen-bond acceptors (Lipinski definition) is 5. The average Bonchev–Trinajstić information content (AvgIpc) is 2.99. The molecule has 0 radical (unpaired) electrons. The van der Waals surface area contributed by atoms with Crippen molar-refractivity contribution >= 4 is 23.5 Å². The Morgan fingerprint density at radius 1 is 0.786 bits per heavy atom. The maximum Gasteiger partial charge on any atom is 0.337 e. The van der Waals surface area contributed by atoms with E-state index in [1.54, 1.807) is 72.8 Å². The number of nitrogens with zero attached hydrogens (tertiary/aromatic N) is 1. The fourth-order valence-electron chi connectivity index (χ4n) is 3.04. The number of carbonyl (C=O) groups is 3. The van der Waals surface area contributed by atoms with Gasteiger partial charge in [-0.15, -0.1) is 0 Å². The molecule has 2 amide bonds. The van der Waals surface area contributed by atoms with Gasteiger partial charge in [0.05, 0.1) is 29.5 Å². The number of para-hydroxylation sites is 2. The SMILES string of the molecule is COC(=O)c1ccc(Oc2ccccc2N2C(=O)c3ccccc3C2=O)cc1. The standard InChI is InChI=1S/C22H15NO5/c1-27-22(26)14-10-12-15(13-11-14)28-19-9-5-4-8-18(19)23-20(24)16-6-2-3-7-17(16)21(23)25/h2-13H,1H3. The van der Waals surface area contributed by atoms with Crippen molar-refractivity contribution in [2.75, 3.05) is 12.0 Å². The van der Waals surface area contributed by atoms with Crippen LogP contribution in [0.4, 0.5) is 5.69 Å². The first-order valence-corrected chi connectivity index (χ1v) is 8.53. The quantitative estimate of drug-likeness (QED) is 0.509. The highest BCUT2D eigenvalue weighted by Crippen LogP contribution is 2.37. The lowest BCUT2D eigenvalue weighted by Crippen LogP contribution is -2.29. The second kappa shape index (κ2) is 7.00. The zero-order valence-electron chi connectivity index (χ0n) is 14.9. The number of amides is 2. The molecule has 138 valence electrons. The van der Waals surface area contributed by atoms with Gasteiger partial charge < -0.3 is 9.47 Å². The van der Waals surface area contributed by atoms with Crippen LogP contribution in [-0.4, -0.2) is 24.9 Å². The normalized spacial score (nSPS) is 12.7. The van der Waals surface area contributed by atoms with E-state index in [0.717, 1.165) is 4.90 Å². The lowest BCUT2D eigenvalue weighted by atomic mass is 10.1. The van der Waals surface area contributed by atoms with E-state index in [-0.39, 0.29) is 0 Å². The number of ether oxygens (including phenoxy) is 2. The third-order valence-electron chi connectivity index (χ3n) is 4.40. The summed E-state index contributed by atoms with van der Waals surface area (Å²) in [6, 6.07) is 19.9. The Balaban J connectivity index is 1.66. The molecule has 3 aromatic carbocycles. The van der Waals surface area contributed by atoms with E-state index in [4.69, 9.17) is 4.74 Å². The largest absolute Gasteiger partial charge is 0.465 e. The van der Waals surface area contributed by atoms with Gasteiger partial charge in [0.2, 0.25) is 0 Å². The number of carbonyl (C=O) groups excluding carboxylic acids is 3. The number of imide groups is 1. The Labute approximate surface area is 160 Å². The molecule has 0 atom stereocenters. The van der Waals surface area contributed by atoms with E-state index >= 15 is 0 Å². The van der Waals surface area contributed by atoms with Gasteiger partial charge in [0.25, 0.3) is 11.8 Å². The van der Waals surface area contributed by atoms with E-state index in [2.05, 4.69) is 4.74 Å². The second-order valence-electron chi connectivity index (χ2n) is 6.08. The minimum Gasteiger partial charge on any atom is -0.465 e. The van der Waals surface area contributed by atoms with Crippen LogP contribution < -0.4 is 9.64 Å². The highest BCUT2D eigenvalue weighted by molar-refractivity contribution is 6.34. The molecule has 0 fully saturated rings. The molecule has 0 bridgehead atoms. The average molecular weight is 373 g/mol. The number of anilines is 1. The molecule has 0 unspecified atom stereocenters. The van der Waals surface area contributed by atoms with Gasteiger partial charge >= 0.3 is 5.97 Å². The maximum atomic E-state index is 12.8. The van der Waals surface area contributed by atoms with Gasteiger partial charge in [0.15, 0.2) is 5.75 Å². The Morgan fingerprint density at radius 3 is 1.96 bits per heavy atom. The number of methoxy groups -OCH3 is 1. The molecule has 1 aliphatic heterocycles. The summed E-state index contributed by atoms with van der Waals surface area (Å²) < 4.78 is 10.6. The summed E-state index contributed by atoms with van der Waals surface area (Å²) >= 11 is 0. The molecule has 6 heteroatoms. The van der Waals surface area contributed by atoms with E-state index in [0.29, 0.717) is 33.9 Å². The monoisotopic (exact) mass is 373 g/mol. The zero-order chi connectivity index (χ0) is 19.7. The van der Waals surface area contributed by atoms with Gasteiger partial charge in [0.1, 0.15) is 5.75 Å². The van der Waals surface area contributed by atoms with Crippen molar-refractivity contribution in [3.8, 4) is 11.5 Å². The van der Waals surface area contributed by atoms with Gasteiger partial charge in [-0.25, -0.2) is 9.69 Å². The highest BCUT2D eigenvalue weighted by Gasteiger charge is 2.37. The van der Waals surface area contributed by atoms with Crippen LogP contribution in [0.25, 0.3) is 0 Å². The molecule has 4 rings (SSSR count). The van der Waals surface area contributed by atoms with Crippen molar-refractivity contribution in [3.63, 3.8) is 0 Å².